The van der Waals surface area contributed by atoms with Gasteiger partial charge < -0.3 is 10.1 Å². The summed E-state index contributed by atoms with van der Waals surface area (Å²) in [6.45, 7) is 1.55. The van der Waals surface area contributed by atoms with E-state index < -0.39 is 0 Å². The Hall–Kier alpha value is -1.16. The van der Waals surface area contributed by atoms with Crippen molar-refractivity contribution in [2.45, 2.75) is 44.6 Å². The van der Waals surface area contributed by atoms with Gasteiger partial charge in [-0.1, -0.05) is 25.7 Å². The predicted molar refractivity (Wildman–Crippen MR) is 68.0 cm³/mol. The minimum absolute atomic E-state index is 0.473. The Kier molecular flexibility index (Phi) is 5.23. The van der Waals surface area contributed by atoms with Crippen LogP contribution in [-0.4, -0.2) is 29.2 Å². The third-order valence-corrected chi connectivity index (χ3v) is 3.13. The molecule has 2 rings (SSSR count). The van der Waals surface area contributed by atoms with Crippen molar-refractivity contribution in [2.24, 2.45) is 0 Å². The van der Waals surface area contributed by atoms with Crippen LogP contribution in [0.5, 0.6) is 0 Å². The van der Waals surface area contributed by atoms with Gasteiger partial charge in [-0.15, -0.1) is 0 Å². The lowest BCUT2D eigenvalue weighted by molar-refractivity contribution is 0.0501. The molecule has 1 aromatic rings. The molecule has 4 nitrogen and oxygen atoms in total. The number of rotatable bonds is 5. The van der Waals surface area contributed by atoms with Gasteiger partial charge in [-0.3, -0.25) is 4.98 Å². The summed E-state index contributed by atoms with van der Waals surface area (Å²) in [6.07, 6.45) is 13.4. The van der Waals surface area contributed by atoms with Crippen molar-refractivity contribution in [3.63, 3.8) is 0 Å². The SMILES string of the molecule is c1cnc(NCCOC2CCCCCC2)cn1. The molecule has 0 saturated heterocycles. The lowest BCUT2D eigenvalue weighted by atomic mass is 10.1. The van der Waals surface area contributed by atoms with Gasteiger partial charge in [-0.2, -0.15) is 0 Å². The van der Waals surface area contributed by atoms with Crippen LogP contribution in [0.3, 0.4) is 0 Å². The molecule has 0 radical (unpaired) electrons. The Morgan fingerprint density at radius 2 is 2.00 bits per heavy atom. The average Bonchev–Trinajstić information content (AvgIpc) is 2.65. The van der Waals surface area contributed by atoms with Gasteiger partial charge in [0.25, 0.3) is 0 Å². The average molecular weight is 235 g/mol. The van der Waals surface area contributed by atoms with Crippen LogP contribution in [0.4, 0.5) is 5.82 Å². The second-order valence-corrected chi connectivity index (χ2v) is 4.50. The molecule has 1 heterocycles. The molecule has 0 atom stereocenters. The zero-order valence-electron chi connectivity index (χ0n) is 10.3. The van der Waals surface area contributed by atoms with Gasteiger partial charge in [-0.25, -0.2) is 4.98 Å². The molecule has 0 unspecified atom stereocenters. The molecule has 1 aliphatic carbocycles. The van der Waals surface area contributed by atoms with Crippen molar-refractivity contribution >= 4 is 5.82 Å². The Bertz CT molecular complexity index is 297. The van der Waals surface area contributed by atoms with Crippen molar-refractivity contribution < 1.29 is 4.74 Å². The number of hydrogen-bond donors (Lipinski definition) is 1. The normalized spacial score (nSPS) is 17.6. The maximum Gasteiger partial charge on any atom is 0.144 e. The quantitative estimate of drug-likeness (QED) is 0.629. The molecular weight excluding hydrogens is 214 g/mol. The summed E-state index contributed by atoms with van der Waals surface area (Å²) in [5.41, 5.74) is 0. The van der Waals surface area contributed by atoms with Crippen LogP contribution in [0.25, 0.3) is 0 Å². The minimum Gasteiger partial charge on any atom is -0.376 e. The van der Waals surface area contributed by atoms with Gasteiger partial charge in [0.15, 0.2) is 0 Å². The molecule has 1 aromatic heterocycles. The lowest BCUT2D eigenvalue weighted by Gasteiger charge is -2.15. The van der Waals surface area contributed by atoms with Crippen molar-refractivity contribution in [1.82, 2.24) is 9.97 Å². The fourth-order valence-electron chi connectivity index (χ4n) is 2.20. The molecular formula is C13H21N3O. The minimum atomic E-state index is 0.473. The zero-order valence-corrected chi connectivity index (χ0v) is 10.3. The van der Waals surface area contributed by atoms with E-state index in [1.165, 1.54) is 38.5 Å². The van der Waals surface area contributed by atoms with Crippen LogP contribution in [-0.2, 0) is 4.74 Å². The maximum atomic E-state index is 5.87. The van der Waals surface area contributed by atoms with E-state index in [2.05, 4.69) is 15.3 Å². The fourth-order valence-corrected chi connectivity index (χ4v) is 2.20. The summed E-state index contributed by atoms with van der Waals surface area (Å²) in [7, 11) is 0. The van der Waals surface area contributed by atoms with Gasteiger partial charge >= 0.3 is 0 Å². The molecule has 1 N–H and O–H groups in total. The third kappa shape index (κ3) is 4.69. The van der Waals surface area contributed by atoms with Crippen LogP contribution in [0, 0.1) is 0 Å². The van der Waals surface area contributed by atoms with Gasteiger partial charge in [-0.05, 0) is 12.8 Å². The monoisotopic (exact) mass is 235 g/mol. The summed E-state index contributed by atoms with van der Waals surface area (Å²) in [6, 6.07) is 0. The summed E-state index contributed by atoms with van der Waals surface area (Å²) in [5, 5.41) is 3.20. The second kappa shape index (κ2) is 7.22. The number of aromatic nitrogens is 2. The van der Waals surface area contributed by atoms with Gasteiger partial charge in [0, 0.05) is 18.9 Å². The molecule has 1 saturated carbocycles. The highest BCUT2D eigenvalue weighted by Gasteiger charge is 2.11. The van der Waals surface area contributed by atoms with Crippen LogP contribution in [0.15, 0.2) is 18.6 Å². The lowest BCUT2D eigenvalue weighted by Crippen LogP contribution is -2.17. The van der Waals surface area contributed by atoms with Crippen molar-refractivity contribution in [1.29, 1.82) is 0 Å². The standard InChI is InChI=1S/C13H21N3O/c1-2-4-6-12(5-3-1)17-10-9-16-13-11-14-7-8-15-13/h7-8,11-12H,1-6,9-10H2,(H,15,16). The third-order valence-electron chi connectivity index (χ3n) is 3.13. The topological polar surface area (TPSA) is 47.0 Å². The van der Waals surface area contributed by atoms with Crippen LogP contribution in [0.1, 0.15) is 38.5 Å². The number of anilines is 1. The molecule has 0 bridgehead atoms. The first kappa shape index (κ1) is 12.3. The molecule has 0 aliphatic heterocycles. The number of nitrogens with one attached hydrogen (secondary N) is 1. The largest absolute Gasteiger partial charge is 0.376 e. The molecule has 0 spiro atoms. The van der Waals surface area contributed by atoms with E-state index in [4.69, 9.17) is 4.74 Å². The Labute approximate surface area is 103 Å². The molecule has 1 fully saturated rings. The first-order valence-electron chi connectivity index (χ1n) is 6.56. The summed E-state index contributed by atoms with van der Waals surface area (Å²) >= 11 is 0. The Morgan fingerprint density at radius 3 is 2.71 bits per heavy atom. The van der Waals surface area contributed by atoms with E-state index in [1.54, 1.807) is 18.6 Å². The van der Waals surface area contributed by atoms with Gasteiger partial charge in [0.1, 0.15) is 5.82 Å². The first-order valence-corrected chi connectivity index (χ1v) is 6.56. The highest BCUT2D eigenvalue weighted by atomic mass is 16.5. The van der Waals surface area contributed by atoms with Crippen molar-refractivity contribution in [2.75, 3.05) is 18.5 Å². The van der Waals surface area contributed by atoms with Crippen molar-refractivity contribution in [3.05, 3.63) is 18.6 Å². The first-order chi connectivity index (χ1) is 8.45. The molecule has 0 amide bonds. The van der Waals surface area contributed by atoms with Crippen LogP contribution in [0.2, 0.25) is 0 Å². The van der Waals surface area contributed by atoms with Crippen LogP contribution >= 0.6 is 0 Å². The highest BCUT2D eigenvalue weighted by molar-refractivity contribution is 5.29. The summed E-state index contributed by atoms with van der Waals surface area (Å²) in [5.74, 6) is 0.817. The highest BCUT2D eigenvalue weighted by Crippen LogP contribution is 2.19. The Morgan fingerprint density at radius 1 is 1.18 bits per heavy atom. The fraction of sp³-hybridized carbons (Fsp3) is 0.692. The Balaban J connectivity index is 1.59. The van der Waals surface area contributed by atoms with Gasteiger partial charge in [0.05, 0.1) is 18.9 Å². The summed E-state index contributed by atoms with van der Waals surface area (Å²) in [4.78, 5) is 8.15. The maximum absolute atomic E-state index is 5.87. The second-order valence-electron chi connectivity index (χ2n) is 4.50. The molecule has 0 aromatic carbocycles. The van der Waals surface area contributed by atoms with Gasteiger partial charge in [0.2, 0.25) is 0 Å². The van der Waals surface area contributed by atoms with E-state index in [0.717, 1.165) is 19.0 Å². The summed E-state index contributed by atoms with van der Waals surface area (Å²) < 4.78 is 5.87. The van der Waals surface area contributed by atoms with E-state index in [9.17, 15) is 0 Å². The molecule has 17 heavy (non-hydrogen) atoms. The zero-order chi connectivity index (χ0) is 11.8. The number of ether oxygens (including phenoxy) is 1. The number of nitrogens with zero attached hydrogens (tertiary/aromatic N) is 2. The molecule has 94 valence electrons. The molecule has 4 heteroatoms. The smallest absolute Gasteiger partial charge is 0.144 e. The van der Waals surface area contributed by atoms with E-state index in [1.807, 2.05) is 0 Å². The van der Waals surface area contributed by atoms with E-state index >= 15 is 0 Å². The molecule has 1 aliphatic rings. The van der Waals surface area contributed by atoms with Crippen molar-refractivity contribution in [3.8, 4) is 0 Å². The van der Waals surface area contributed by atoms with E-state index in [-0.39, 0.29) is 0 Å². The van der Waals surface area contributed by atoms with E-state index in [0.29, 0.717) is 6.10 Å². The number of hydrogen-bond acceptors (Lipinski definition) is 4. The predicted octanol–water partition coefficient (Wildman–Crippen LogP) is 2.63. The van der Waals surface area contributed by atoms with Crippen LogP contribution < -0.4 is 5.32 Å².